The summed E-state index contributed by atoms with van der Waals surface area (Å²) < 4.78 is 34.2. The van der Waals surface area contributed by atoms with Crippen LogP contribution < -0.4 is 24.0 Å². The molecule has 0 saturated carbocycles. The van der Waals surface area contributed by atoms with Gasteiger partial charge >= 0.3 is 23.9 Å². The molecule has 4 aromatic carbocycles. The molecule has 5 aromatic rings. The minimum Gasteiger partial charge on any atom is -0.494 e. The second-order valence-corrected chi connectivity index (χ2v) is 15.5. The van der Waals surface area contributed by atoms with Crippen LogP contribution in [0.5, 0.6) is 23.0 Å². The van der Waals surface area contributed by atoms with Gasteiger partial charge < -0.3 is 28.4 Å². The number of thiazole rings is 1. The van der Waals surface area contributed by atoms with Gasteiger partial charge in [-0.3, -0.25) is 4.79 Å². The van der Waals surface area contributed by atoms with Crippen molar-refractivity contribution in [3.8, 4) is 23.0 Å². The Labute approximate surface area is 382 Å². The molecule has 0 aliphatic rings. The van der Waals surface area contributed by atoms with Crippen LogP contribution in [0, 0.1) is 0 Å². The number of carbonyl (C=O) groups excluding carboxylic acids is 5. The van der Waals surface area contributed by atoms with Crippen molar-refractivity contribution in [1.82, 2.24) is 4.98 Å². The minimum atomic E-state index is -0.660. The Morgan fingerprint density at radius 1 is 0.646 bits per heavy atom. The van der Waals surface area contributed by atoms with Crippen molar-refractivity contribution in [3.05, 3.63) is 133 Å². The van der Waals surface area contributed by atoms with Gasteiger partial charge in [0.1, 0.15) is 23.0 Å². The van der Waals surface area contributed by atoms with Crippen molar-refractivity contribution in [1.29, 1.82) is 0 Å². The topological polar surface area (TPSA) is 169 Å². The van der Waals surface area contributed by atoms with Crippen LogP contribution in [0.2, 0.25) is 0 Å². The second kappa shape index (κ2) is 26.5. The van der Waals surface area contributed by atoms with Crippen molar-refractivity contribution in [2.75, 3.05) is 31.4 Å². The first kappa shape index (κ1) is 48.9. The third-order valence-electron chi connectivity index (χ3n) is 9.49. The molecule has 65 heavy (non-hydrogen) atoms. The van der Waals surface area contributed by atoms with Gasteiger partial charge in [-0.05, 0) is 137 Å². The number of benzene rings is 4. The first-order valence-electron chi connectivity index (χ1n) is 21.5. The van der Waals surface area contributed by atoms with Crippen molar-refractivity contribution >= 4 is 62.7 Å². The molecule has 5 rings (SSSR count). The lowest BCUT2D eigenvalue weighted by Crippen LogP contribution is -2.25. The average Bonchev–Trinajstić information content (AvgIpc) is 3.75. The number of amides is 1. The molecule has 14 nitrogen and oxygen atoms in total. The van der Waals surface area contributed by atoms with E-state index < -0.39 is 23.9 Å². The van der Waals surface area contributed by atoms with Gasteiger partial charge in [-0.2, -0.15) is 10.1 Å². The summed E-state index contributed by atoms with van der Waals surface area (Å²) in [6.07, 6.45) is 11.2. The summed E-state index contributed by atoms with van der Waals surface area (Å²) >= 11 is 1.31. The van der Waals surface area contributed by atoms with Gasteiger partial charge in [0, 0.05) is 24.1 Å². The van der Waals surface area contributed by atoms with Crippen molar-refractivity contribution < 1.29 is 52.4 Å². The standard InChI is InChI=1S/C50H53N3O11S/c1-4-17-45(54)53(50-52-42-18-11-12-19-44(42)65-50)51-35-38-34-41(63-48(57)36-20-24-39(25-21-36)59-30-13-7-9-15-32-61-46(55)5-2)28-29-43(38)64-49(58)37-22-26-40(27-23-37)60-31-14-8-10-16-33-62-47(56)6-3/h5-6,11-12,18-29,34-35H,2-4,7-10,13-17,30-33H2,1H3. The van der Waals surface area contributed by atoms with Gasteiger partial charge in [0.15, 0.2) is 0 Å². The van der Waals surface area contributed by atoms with Gasteiger partial charge in [-0.1, -0.05) is 43.6 Å². The molecule has 0 aliphatic carbocycles. The fraction of sp³-hybridized carbons (Fsp3) is 0.300. The van der Waals surface area contributed by atoms with Gasteiger partial charge in [-0.15, -0.1) is 0 Å². The summed E-state index contributed by atoms with van der Waals surface area (Å²) in [6, 6.07) is 25.1. The largest absolute Gasteiger partial charge is 0.494 e. The van der Waals surface area contributed by atoms with Gasteiger partial charge in [-0.25, -0.2) is 24.2 Å². The molecule has 0 spiro atoms. The quantitative estimate of drug-likeness (QED) is 0.0122. The summed E-state index contributed by atoms with van der Waals surface area (Å²) in [6.45, 7) is 10.3. The van der Waals surface area contributed by atoms with Crippen LogP contribution in [0.25, 0.3) is 10.2 Å². The van der Waals surface area contributed by atoms with Crippen molar-refractivity contribution in [2.24, 2.45) is 5.10 Å². The first-order valence-corrected chi connectivity index (χ1v) is 22.3. The molecule has 0 atom stereocenters. The molecule has 1 aromatic heterocycles. The van der Waals surface area contributed by atoms with Crippen LogP contribution in [-0.4, -0.2) is 67.4 Å². The number of ether oxygens (including phenoxy) is 6. The number of hydrogen-bond acceptors (Lipinski definition) is 14. The van der Waals surface area contributed by atoms with E-state index in [1.165, 1.54) is 40.8 Å². The summed E-state index contributed by atoms with van der Waals surface area (Å²) in [5.41, 5.74) is 1.50. The maximum atomic E-state index is 13.5. The normalized spacial score (nSPS) is 10.8. The van der Waals surface area contributed by atoms with Crippen molar-refractivity contribution in [3.63, 3.8) is 0 Å². The van der Waals surface area contributed by atoms with Crippen LogP contribution in [0.4, 0.5) is 5.13 Å². The van der Waals surface area contributed by atoms with Gasteiger partial charge in [0.05, 0.1) is 54.0 Å². The van der Waals surface area contributed by atoms with Crippen LogP contribution >= 0.6 is 11.3 Å². The molecule has 0 aliphatic heterocycles. The Morgan fingerprint density at radius 2 is 1.17 bits per heavy atom. The SMILES string of the molecule is C=CC(=O)OCCCCCCOc1ccc(C(=O)Oc2ccc(OC(=O)c3ccc(OCCCCCCOC(=O)C=C)cc3)c(C=NN(C(=O)CCC)c3nc4ccccc4s3)c2)cc1. The Hall–Kier alpha value is -7.13. The van der Waals surface area contributed by atoms with Crippen LogP contribution in [0.3, 0.4) is 0 Å². The van der Waals surface area contributed by atoms with Gasteiger partial charge in [0.25, 0.3) is 0 Å². The van der Waals surface area contributed by atoms with E-state index in [0.717, 1.165) is 73.7 Å². The average molecular weight is 904 g/mol. The number of anilines is 1. The molecule has 0 fully saturated rings. The van der Waals surface area contributed by atoms with E-state index in [9.17, 15) is 24.0 Å². The predicted octanol–water partition coefficient (Wildman–Crippen LogP) is 10.2. The lowest BCUT2D eigenvalue weighted by atomic mass is 10.2. The van der Waals surface area contributed by atoms with E-state index in [0.29, 0.717) is 49.5 Å². The molecular formula is C50H53N3O11S. The number of fused-ring (bicyclic) bond motifs is 1. The number of hydrogen-bond donors (Lipinski definition) is 0. The number of carbonyl (C=O) groups is 5. The lowest BCUT2D eigenvalue weighted by Gasteiger charge is -2.14. The fourth-order valence-electron chi connectivity index (χ4n) is 6.05. The van der Waals surface area contributed by atoms with E-state index in [-0.39, 0.29) is 40.5 Å². The summed E-state index contributed by atoms with van der Waals surface area (Å²) in [4.78, 5) is 67.1. The molecule has 1 heterocycles. The predicted molar refractivity (Wildman–Crippen MR) is 249 cm³/mol. The molecule has 15 heteroatoms. The highest BCUT2D eigenvalue weighted by molar-refractivity contribution is 7.22. The zero-order valence-electron chi connectivity index (χ0n) is 36.4. The molecule has 0 radical (unpaired) electrons. The van der Waals surface area contributed by atoms with Crippen LogP contribution in [-0.2, 0) is 23.9 Å². The number of para-hydroxylation sites is 1. The molecule has 1 amide bonds. The Kier molecular flexibility index (Phi) is 19.9. The Morgan fingerprint density at radius 3 is 1.71 bits per heavy atom. The summed E-state index contributed by atoms with van der Waals surface area (Å²) in [7, 11) is 0. The minimum absolute atomic E-state index is 0.1000. The third-order valence-corrected chi connectivity index (χ3v) is 10.5. The summed E-state index contributed by atoms with van der Waals surface area (Å²) in [5, 5.41) is 6.14. The van der Waals surface area contributed by atoms with E-state index >= 15 is 0 Å². The van der Waals surface area contributed by atoms with Gasteiger partial charge in [0.2, 0.25) is 11.0 Å². The number of esters is 4. The highest BCUT2D eigenvalue weighted by Gasteiger charge is 2.20. The maximum absolute atomic E-state index is 13.5. The first-order chi connectivity index (χ1) is 31.7. The number of nitrogens with zero attached hydrogens (tertiary/aromatic N) is 3. The monoisotopic (exact) mass is 903 g/mol. The third kappa shape index (κ3) is 16.2. The fourth-order valence-corrected chi connectivity index (χ4v) is 6.99. The maximum Gasteiger partial charge on any atom is 0.343 e. The lowest BCUT2D eigenvalue weighted by molar-refractivity contribution is -0.138. The smallest absolute Gasteiger partial charge is 0.343 e. The van der Waals surface area contributed by atoms with Crippen molar-refractivity contribution in [2.45, 2.75) is 71.1 Å². The molecule has 0 N–H and O–H groups in total. The van der Waals surface area contributed by atoms with Crippen LogP contribution in [0.15, 0.2) is 121 Å². The molecule has 0 saturated heterocycles. The van der Waals surface area contributed by atoms with E-state index in [2.05, 4.69) is 23.2 Å². The Balaban J connectivity index is 1.24. The molecule has 0 unspecified atom stereocenters. The highest BCUT2D eigenvalue weighted by Crippen LogP contribution is 2.31. The number of unbranched alkanes of at least 4 members (excludes halogenated alkanes) is 6. The molecular weight excluding hydrogens is 851 g/mol. The summed E-state index contributed by atoms with van der Waals surface area (Å²) in [5.74, 6) is -1.01. The van der Waals surface area contributed by atoms with E-state index in [4.69, 9.17) is 28.4 Å². The van der Waals surface area contributed by atoms with E-state index in [1.807, 2.05) is 31.2 Å². The number of hydrazone groups is 1. The molecule has 340 valence electrons. The van der Waals surface area contributed by atoms with E-state index in [1.54, 1.807) is 48.5 Å². The molecule has 0 bridgehead atoms. The zero-order chi connectivity index (χ0) is 46.2. The van der Waals surface area contributed by atoms with Crippen LogP contribution in [0.1, 0.15) is 97.4 Å². The Bertz CT molecular complexity index is 2380. The number of aromatic nitrogens is 1. The second-order valence-electron chi connectivity index (χ2n) is 14.5. The zero-order valence-corrected chi connectivity index (χ0v) is 37.3. The number of rotatable bonds is 27. The highest BCUT2D eigenvalue weighted by atomic mass is 32.1.